The maximum absolute atomic E-state index is 12.2. The van der Waals surface area contributed by atoms with E-state index in [1.54, 1.807) is 0 Å². The zero-order valence-electron chi connectivity index (χ0n) is 15.7. The summed E-state index contributed by atoms with van der Waals surface area (Å²) in [6.45, 7) is 10.4. The molecule has 1 aromatic rings. The molecular formula is C21H28O5. The molecular weight excluding hydrogens is 332 g/mol. The van der Waals surface area contributed by atoms with Gasteiger partial charge in [0.2, 0.25) is 12.0 Å². The van der Waals surface area contributed by atoms with Crippen molar-refractivity contribution in [2.45, 2.75) is 46.7 Å². The molecule has 0 aromatic heterocycles. The van der Waals surface area contributed by atoms with Gasteiger partial charge in [0.05, 0.1) is 13.2 Å². The van der Waals surface area contributed by atoms with Crippen LogP contribution in [0.2, 0.25) is 0 Å². The van der Waals surface area contributed by atoms with E-state index in [0.29, 0.717) is 13.0 Å². The number of carbonyl (C=O) groups is 1. The van der Waals surface area contributed by atoms with Gasteiger partial charge in [-0.1, -0.05) is 57.7 Å². The smallest absolute Gasteiger partial charge is 0.373 e. The predicted octanol–water partition coefficient (Wildman–Crippen LogP) is 3.72. The summed E-state index contributed by atoms with van der Waals surface area (Å²) >= 11 is 0. The van der Waals surface area contributed by atoms with E-state index in [0.717, 1.165) is 11.1 Å². The maximum Gasteiger partial charge on any atom is 0.373 e. The van der Waals surface area contributed by atoms with Crippen molar-refractivity contribution in [1.29, 1.82) is 0 Å². The average molecular weight is 360 g/mol. The number of benzene rings is 1. The Labute approximate surface area is 155 Å². The van der Waals surface area contributed by atoms with Gasteiger partial charge in [0.25, 0.3) is 0 Å². The Morgan fingerprint density at radius 2 is 1.96 bits per heavy atom. The fraction of sp³-hybridized carbons (Fsp3) is 0.476. The Kier molecular flexibility index (Phi) is 7.00. The van der Waals surface area contributed by atoms with Crippen LogP contribution in [-0.2, 0) is 32.2 Å². The molecule has 0 saturated heterocycles. The van der Waals surface area contributed by atoms with E-state index < -0.39 is 12.3 Å². The van der Waals surface area contributed by atoms with Crippen LogP contribution in [-0.4, -0.2) is 24.0 Å². The highest BCUT2D eigenvalue weighted by atomic mass is 16.7. The zero-order chi connectivity index (χ0) is 19.2. The fourth-order valence-electron chi connectivity index (χ4n) is 2.64. The SMILES string of the molecule is C=CCOC(=O)C1=C[C@H](C(C)(C)C)C[C@H](OCc2ccc(CO)cc2)O1. The minimum atomic E-state index is -0.520. The first-order valence-electron chi connectivity index (χ1n) is 8.80. The molecule has 142 valence electrons. The van der Waals surface area contributed by atoms with Crippen LogP contribution < -0.4 is 0 Å². The number of hydrogen-bond acceptors (Lipinski definition) is 5. The first-order valence-corrected chi connectivity index (χ1v) is 8.80. The molecule has 26 heavy (non-hydrogen) atoms. The second-order valence-corrected chi connectivity index (χ2v) is 7.46. The monoisotopic (exact) mass is 360 g/mol. The van der Waals surface area contributed by atoms with Crippen LogP contribution in [0.3, 0.4) is 0 Å². The van der Waals surface area contributed by atoms with E-state index in [1.165, 1.54) is 6.08 Å². The van der Waals surface area contributed by atoms with Gasteiger partial charge < -0.3 is 19.3 Å². The van der Waals surface area contributed by atoms with Crippen molar-refractivity contribution in [3.63, 3.8) is 0 Å². The van der Waals surface area contributed by atoms with Crippen LogP contribution in [0.1, 0.15) is 38.3 Å². The largest absolute Gasteiger partial charge is 0.458 e. The molecule has 0 saturated carbocycles. The quantitative estimate of drug-likeness (QED) is 0.593. The number of hydrogen-bond donors (Lipinski definition) is 1. The Balaban J connectivity index is 2.04. The first-order chi connectivity index (χ1) is 12.3. The first kappa shape index (κ1) is 20.2. The molecule has 0 unspecified atom stereocenters. The van der Waals surface area contributed by atoms with E-state index in [-0.39, 0.29) is 30.3 Å². The minimum Gasteiger partial charge on any atom is -0.458 e. The summed E-state index contributed by atoms with van der Waals surface area (Å²) in [6.07, 6.45) is 3.50. The number of carbonyl (C=O) groups excluding carboxylic acids is 1. The molecule has 0 amide bonds. The number of aliphatic hydroxyl groups excluding tert-OH is 1. The molecule has 0 bridgehead atoms. The second-order valence-electron chi connectivity index (χ2n) is 7.46. The van der Waals surface area contributed by atoms with Crippen LogP contribution in [0, 0.1) is 11.3 Å². The molecule has 5 heteroatoms. The van der Waals surface area contributed by atoms with E-state index in [2.05, 4.69) is 27.4 Å². The summed E-state index contributed by atoms with van der Waals surface area (Å²) in [5, 5.41) is 9.10. The number of esters is 1. The van der Waals surface area contributed by atoms with E-state index >= 15 is 0 Å². The lowest BCUT2D eigenvalue weighted by atomic mass is 9.77. The van der Waals surface area contributed by atoms with Gasteiger partial charge >= 0.3 is 5.97 Å². The highest BCUT2D eigenvalue weighted by Crippen LogP contribution is 2.36. The number of rotatable bonds is 7. The summed E-state index contributed by atoms with van der Waals surface area (Å²) in [6, 6.07) is 7.53. The van der Waals surface area contributed by atoms with E-state index in [1.807, 2.05) is 30.3 Å². The third-order valence-corrected chi connectivity index (χ3v) is 4.34. The molecule has 1 aliphatic heterocycles. The highest BCUT2D eigenvalue weighted by molar-refractivity contribution is 5.86. The van der Waals surface area contributed by atoms with Crippen LogP contribution in [0.4, 0.5) is 0 Å². The number of allylic oxidation sites excluding steroid dienone is 1. The summed E-state index contributed by atoms with van der Waals surface area (Å²) in [5.74, 6) is -0.178. The lowest BCUT2D eigenvalue weighted by Crippen LogP contribution is -2.33. The van der Waals surface area contributed by atoms with Gasteiger partial charge in [-0.2, -0.15) is 0 Å². The molecule has 0 spiro atoms. The average Bonchev–Trinajstić information content (AvgIpc) is 2.63. The van der Waals surface area contributed by atoms with Crippen molar-refractivity contribution in [1.82, 2.24) is 0 Å². The van der Waals surface area contributed by atoms with Gasteiger partial charge in [-0.25, -0.2) is 4.79 Å². The molecule has 5 nitrogen and oxygen atoms in total. The van der Waals surface area contributed by atoms with Gasteiger partial charge in [-0.15, -0.1) is 0 Å². The molecule has 1 aromatic carbocycles. The third-order valence-electron chi connectivity index (χ3n) is 4.34. The molecule has 1 heterocycles. The lowest BCUT2D eigenvalue weighted by Gasteiger charge is -2.35. The van der Waals surface area contributed by atoms with E-state index in [9.17, 15) is 4.79 Å². The van der Waals surface area contributed by atoms with Crippen LogP contribution in [0.15, 0.2) is 48.8 Å². The fourth-order valence-corrected chi connectivity index (χ4v) is 2.64. The van der Waals surface area contributed by atoms with Gasteiger partial charge in [0.15, 0.2) is 0 Å². The molecule has 1 N–H and O–H groups in total. The van der Waals surface area contributed by atoms with Gasteiger partial charge in [0.1, 0.15) is 6.61 Å². The van der Waals surface area contributed by atoms with Crippen molar-refractivity contribution in [3.05, 3.63) is 59.9 Å². The lowest BCUT2D eigenvalue weighted by molar-refractivity contribution is -0.168. The summed E-state index contributed by atoms with van der Waals surface area (Å²) < 4.78 is 16.7. The molecule has 2 rings (SSSR count). The molecule has 0 radical (unpaired) electrons. The second kappa shape index (κ2) is 9.01. The van der Waals surface area contributed by atoms with Crippen LogP contribution in [0.5, 0.6) is 0 Å². The van der Waals surface area contributed by atoms with Crippen LogP contribution in [0.25, 0.3) is 0 Å². The topological polar surface area (TPSA) is 65.0 Å². The van der Waals surface area contributed by atoms with Crippen molar-refractivity contribution in [2.24, 2.45) is 11.3 Å². The summed E-state index contributed by atoms with van der Waals surface area (Å²) in [4.78, 5) is 12.2. The van der Waals surface area contributed by atoms with Crippen molar-refractivity contribution < 1.29 is 24.1 Å². The molecule has 2 atom stereocenters. The van der Waals surface area contributed by atoms with Crippen molar-refractivity contribution >= 4 is 5.97 Å². The maximum atomic E-state index is 12.2. The zero-order valence-corrected chi connectivity index (χ0v) is 15.7. The number of aliphatic hydroxyl groups is 1. The predicted molar refractivity (Wildman–Crippen MR) is 98.8 cm³/mol. The molecule has 0 fully saturated rings. The Hall–Kier alpha value is -2.11. The normalized spacial score (nSPS) is 20.1. The molecule has 0 aliphatic carbocycles. The Bertz CT molecular complexity index is 639. The Morgan fingerprint density at radius 1 is 1.31 bits per heavy atom. The van der Waals surface area contributed by atoms with Crippen LogP contribution >= 0.6 is 0 Å². The van der Waals surface area contributed by atoms with Gasteiger partial charge in [-0.3, -0.25) is 0 Å². The Morgan fingerprint density at radius 3 is 2.54 bits per heavy atom. The summed E-state index contributed by atoms with van der Waals surface area (Å²) in [5.41, 5.74) is 1.80. The third kappa shape index (κ3) is 5.71. The highest BCUT2D eigenvalue weighted by Gasteiger charge is 2.34. The van der Waals surface area contributed by atoms with Crippen molar-refractivity contribution in [3.8, 4) is 0 Å². The van der Waals surface area contributed by atoms with Crippen molar-refractivity contribution in [2.75, 3.05) is 6.61 Å². The van der Waals surface area contributed by atoms with E-state index in [4.69, 9.17) is 19.3 Å². The summed E-state index contributed by atoms with van der Waals surface area (Å²) in [7, 11) is 0. The standard InChI is InChI=1S/C21H28O5/c1-5-10-24-20(23)18-11-17(21(2,3)4)12-19(26-18)25-14-16-8-6-15(13-22)7-9-16/h5-9,11,17,19,22H,1,10,12-14H2,2-4H3/t17-,19+/m0/s1. The number of ether oxygens (including phenoxy) is 3. The minimum absolute atomic E-state index is 0.0150. The molecule has 1 aliphatic rings. The van der Waals surface area contributed by atoms with Gasteiger partial charge in [0, 0.05) is 6.42 Å². The van der Waals surface area contributed by atoms with Gasteiger partial charge in [-0.05, 0) is 28.5 Å².